The van der Waals surface area contributed by atoms with Gasteiger partial charge in [-0.25, -0.2) is 23.3 Å². The van der Waals surface area contributed by atoms with E-state index in [2.05, 4.69) is 19.8 Å². The second kappa shape index (κ2) is 7.91. The monoisotopic (exact) mass is 471 g/mol. The van der Waals surface area contributed by atoms with Crippen LogP contribution in [0.25, 0.3) is 16.6 Å². The van der Waals surface area contributed by atoms with Crippen molar-refractivity contribution < 1.29 is 21.9 Å². The number of benzene rings is 2. The fourth-order valence-electron chi connectivity index (χ4n) is 3.59. The highest BCUT2D eigenvalue weighted by Crippen LogP contribution is 2.35. The zero-order valence-corrected chi connectivity index (χ0v) is 17.6. The van der Waals surface area contributed by atoms with Crippen LogP contribution < -0.4 is 9.46 Å². The Kier molecular flexibility index (Phi) is 5.03. The largest absolute Gasteiger partial charge is 0.453 e. The molecule has 0 spiro atoms. The van der Waals surface area contributed by atoms with E-state index in [1.54, 1.807) is 18.2 Å². The van der Waals surface area contributed by atoms with Crippen LogP contribution >= 0.6 is 0 Å². The van der Waals surface area contributed by atoms with Crippen molar-refractivity contribution in [3.8, 4) is 17.6 Å². The molecule has 13 heteroatoms. The van der Waals surface area contributed by atoms with Gasteiger partial charge in [0.1, 0.15) is 36.2 Å². The second-order valence-electron chi connectivity index (χ2n) is 7.32. The van der Waals surface area contributed by atoms with E-state index in [1.807, 2.05) is 0 Å². The Hall–Kier alpha value is -3.89. The number of nitrogens with one attached hydrogen (secondary N) is 1. The Morgan fingerprint density at radius 1 is 1.24 bits per heavy atom. The summed E-state index contributed by atoms with van der Waals surface area (Å²) in [6, 6.07) is 8.62. The molecule has 0 radical (unpaired) electrons. The maximum atomic E-state index is 14.7. The molecule has 4 aromatic rings. The molecule has 2 aromatic heterocycles. The minimum atomic E-state index is -4.14. The molecule has 0 saturated carbocycles. The topological polar surface area (TPSA) is 126 Å². The van der Waals surface area contributed by atoms with Crippen molar-refractivity contribution in [3.63, 3.8) is 0 Å². The van der Waals surface area contributed by atoms with Crippen molar-refractivity contribution in [3.05, 3.63) is 54.4 Å². The lowest BCUT2D eigenvalue weighted by molar-refractivity contribution is 0.343. The molecule has 0 bridgehead atoms. The van der Waals surface area contributed by atoms with Gasteiger partial charge in [-0.15, -0.1) is 0 Å². The summed E-state index contributed by atoms with van der Waals surface area (Å²) >= 11 is 0. The van der Waals surface area contributed by atoms with Crippen molar-refractivity contribution in [2.75, 3.05) is 17.8 Å². The number of aromatic nitrogens is 4. The fourth-order valence-corrected chi connectivity index (χ4v) is 4.88. The minimum absolute atomic E-state index is 0.00512. The average molecular weight is 471 g/mol. The number of hydrogen-bond donors (Lipinski definition) is 1. The standard InChI is InChI=1S/C20H15F2N7O3S/c21-12-5-6-28(9-12)33(30,31)27-18-4-2-16(22)19(15(18)8-23)32-13-1-3-17-14(7-13)20-24-10-26-29(20)11-25-17/h1-4,7,10-12,27H,5-6,9H2. The smallest absolute Gasteiger partial charge is 0.301 e. The Morgan fingerprint density at radius 2 is 2.09 bits per heavy atom. The molecular formula is C20H15F2N7O3S. The summed E-state index contributed by atoms with van der Waals surface area (Å²) in [4.78, 5) is 8.41. The van der Waals surface area contributed by atoms with Gasteiger partial charge in [0, 0.05) is 18.5 Å². The van der Waals surface area contributed by atoms with Gasteiger partial charge in [0.25, 0.3) is 0 Å². The zero-order chi connectivity index (χ0) is 23.2. The number of ether oxygens (including phenoxy) is 1. The molecule has 168 valence electrons. The molecule has 3 heterocycles. The minimum Gasteiger partial charge on any atom is -0.453 e. The average Bonchev–Trinajstić information content (AvgIpc) is 3.45. The molecule has 1 unspecified atom stereocenters. The lowest BCUT2D eigenvalue weighted by Crippen LogP contribution is -2.34. The third-order valence-electron chi connectivity index (χ3n) is 5.20. The second-order valence-corrected chi connectivity index (χ2v) is 8.99. The Bertz CT molecular complexity index is 1530. The summed E-state index contributed by atoms with van der Waals surface area (Å²) in [7, 11) is -4.14. The van der Waals surface area contributed by atoms with E-state index in [0.717, 1.165) is 16.4 Å². The lowest BCUT2D eigenvalue weighted by atomic mass is 10.1. The van der Waals surface area contributed by atoms with Gasteiger partial charge in [-0.2, -0.15) is 23.1 Å². The summed E-state index contributed by atoms with van der Waals surface area (Å²) in [5.74, 6) is -1.14. The molecule has 33 heavy (non-hydrogen) atoms. The van der Waals surface area contributed by atoms with E-state index < -0.39 is 27.9 Å². The van der Waals surface area contributed by atoms with E-state index >= 15 is 0 Å². The van der Waals surface area contributed by atoms with Gasteiger partial charge >= 0.3 is 10.2 Å². The summed E-state index contributed by atoms with van der Waals surface area (Å²) in [5.41, 5.74) is 0.568. The van der Waals surface area contributed by atoms with Gasteiger partial charge in [0.05, 0.1) is 11.2 Å². The van der Waals surface area contributed by atoms with Gasteiger partial charge in [0.2, 0.25) is 0 Å². The van der Waals surface area contributed by atoms with Crippen molar-refractivity contribution in [2.45, 2.75) is 12.6 Å². The number of nitriles is 1. The van der Waals surface area contributed by atoms with Crippen molar-refractivity contribution in [1.82, 2.24) is 23.9 Å². The van der Waals surface area contributed by atoms with Crippen LogP contribution in [0.1, 0.15) is 12.0 Å². The Morgan fingerprint density at radius 3 is 2.85 bits per heavy atom. The third-order valence-corrected chi connectivity index (χ3v) is 6.69. The molecule has 0 amide bonds. The first-order valence-corrected chi connectivity index (χ1v) is 11.2. The molecule has 1 N–H and O–H groups in total. The first-order valence-electron chi connectivity index (χ1n) is 9.76. The van der Waals surface area contributed by atoms with Crippen molar-refractivity contribution in [1.29, 1.82) is 5.26 Å². The van der Waals surface area contributed by atoms with Crippen LogP contribution in [-0.4, -0.2) is 51.6 Å². The Labute approximate surface area is 186 Å². The molecule has 1 fully saturated rings. The summed E-state index contributed by atoms with van der Waals surface area (Å²) in [6.07, 6.45) is 1.68. The highest BCUT2D eigenvalue weighted by molar-refractivity contribution is 7.90. The van der Waals surface area contributed by atoms with Crippen molar-refractivity contribution in [2.24, 2.45) is 0 Å². The van der Waals surface area contributed by atoms with Gasteiger partial charge in [-0.05, 0) is 36.8 Å². The number of anilines is 1. The molecule has 1 saturated heterocycles. The quantitative estimate of drug-likeness (QED) is 0.474. The predicted molar refractivity (Wildman–Crippen MR) is 113 cm³/mol. The lowest BCUT2D eigenvalue weighted by Gasteiger charge is -2.18. The molecule has 2 aromatic carbocycles. The van der Waals surface area contributed by atoms with Crippen molar-refractivity contribution >= 4 is 32.4 Å². The number of hydrogen-bond acceptors (Lipinski definition) is 7. The molecule has 10 nitrogen and oxygen atoms in total. The molecular weight excluding hydrogens is 456 g/mol. The molecule has 0 aliphatic carbocycles. The number of fused-ring (bicyclic) bond motifs is 3. The maximum Gasteiger partial charge on any atom is 0.301 e. The zero-order valence-electron chi connectivity index (χ0n) is 16.8. The summed E-state index contributed by atoms with van der Waals surface area (Å²) < 4.78 is 63.6. The number of halogens is 2. The molecule has 1 aliphatic heterocycles. The highest BCUT2D eigenvalue weighted by Gasteiger charge is 2.32. The van der Waals surface area contributed by atoms with Crippen LogP contribution in [0.15, 0.2) is 43.0 Å². The van der Waals surface area contributed by atoms with Gasteiger partial charge < -0.3 is 4.74 Å². The predicted octanol–water partition coefficient (Wildman–Crippen LogP) is 2.78. The number of alkyl halides is 1. The summed E-state index contributed by atoms with van der Waals surface area (Å²) in [6.45, 7) is -0.283. The van der Waals surface area contributed by atoms with Gasteiger partial charge in [0.15, 0.2) is 17.2 Å². The molecule has 1 aliphatic rings. The van der Waals surface area contributed by atoms with E-state index in [0.29, 0.717) is 16.6 Å². The summed E-state index contributed by atoms with van der Waals surface area (Å²) in [5, 5.41) is 14.2. The first kappa shape index (κ1) is 21.0. The van der Waals surface area contributed by atoms with Crippen LogP contribution in [-0.2, 0) is 10.2 Å². The van der Waals surface area contributed by atoms with E-state index in [1.165, 1.54) is 23.2 Å². The SMILES string of the molecule is N#Cc1c(NS(=O)(=O)N2CCC(F)C2)ccc(F)c1Oc1ccc2ncn3ncnc3c2c1. The van der Waals surface area contributed by atoms with Crippen LogP contribution in [0.4, 0.5) is 14.5 Å². The molecule has 1 atom stereocenters. The van der Waals surface area contributed by atoms with Gasteiger partial charge in [-0.1, -0.05) is 0 Å². The first-order chi connectivity index (χ1) is 15.9. The van der Waals surface area contributed by atoms with E-state index in [-0.39, 0.29) is 36.5 Å². The molecule has 5 rings (SSSR count). The fraction of sp³-hybridized carbons (Fsp3) is 0.200. The van der Waals surface area contributed by atoms with Crippen LogP contribution in [0, 0.1) is 17.1 Å². The third kappa shape index (κ3) is 3.79. The highest BCUT2D eigenvalue weighted by atomic mass is 32.2. The maximum absolute atomic E-state index is 14.7. The van der Waals surface area contributed by atoms with E-state index in [4.69, 9.17) is 4.74 Å². The number of rotatable bonds is 5. The van der Waals surface area contributed by atoms with Crippen LogP contribution in [0.3, 0.4) is 0 Å². The Balaban J connectivity index is 1.52. The van der Waals surface area contributed by atoms with Crippen LogP contribution in [0.5, 0.6) is 11.5 Å². The van der Waals surface area contributed by atoms with E-state index in [9.17, 15) is 22.5 Å². The number of nitrogens with zero attached hydrogens (tertiary/aromatic N) is 6. The van der Waals surface area contributed by atoms with Crippen LogP contribution in [0.2, 0.25) is 0 Å². The normalized spacial score (nSPS) is 16.8. The van der Waals surface area contributed by atoms with Gasteiger partial charge in [-0.3, -0.25) is 4.72 Å².